The van der Waals surface area contributed by atoms with E-state index in [9.17, 15) is 29.1 Å². The number of carboxylic acid groups (broad SMARTS) is 1. The SMILES string of the molecule is CC[C@H](C)[C@@H]([C@@H](CC(=O)N1CCC[C@H]1[C@H](OC)[C@@H](C)C(=O)N[C@@H](Cc1ccccc1)C(=O)[O-])OC)N(C)C(=O)[C@@H](NC(=O)[C@@H](NC)C(C)C)C(C)C.[Na+]. The smallest absolute Gasteiger partial charge is 0.548 e. The third-order valence-electron chi connectivity index (χ3n) is 10.6. The van der Waals surface area contributed by atoms with Crippen molar-refractivity contribution in [1.29, 1.82) is 0 Å². The van der Waals surface area contributed by atoms with Gasteiger partial charge in [0.25, 0.3) is 0 Å². The van der Waals surface area contributed by atoms with Crippen molar-refractivity contribution in [2.75, 3.05) is 34.9 Å². The first-order chi connectivity index (χ1) is 24.5. The summed E-state index contributed by atoms with van der Waals surface area (Å²) in [7, 11) is 6.43. The zero-order valence-electron chi connectivity index (χ0n) is 34.1. The predicted octanol–water partition coefficient (Wildman–Crippen LogP) is -1.23. The molecule has 3 N–H and O–H groups in total. The Bertz CT molecular complexity index is 1320. The number of benzene rings is 1. The molecule has 2 rings (SSSR count). The summed E-state index contributed by atoms with van der Waals surface area (Å²) < 4.78 is 11.8. The summed E-state index contributed by atoms with van der Waals surface area (Å²) in [4.78, 5) is 70.1. The Morgan fingerprint density at radius 1 is 0.925 bits per heavy atom. The van der Waals surface area contributed by atoms with Crippen molar-refractivity contribution in [2.24, 2.45) is 23.7 Å². The van der Waals surface area contributed by atoms with Gasteiger partial charge in [-0.3, -0.25) is 19.2 Å². The molecule has 0 unspecified atom stereocenters. The van der Waals surface area contributed by atoms with Crippen LogP contribution in [0.2, 0.25) is 0 Å². The maximum absolute atomic E-state index is 14.1. The molecular weight excluding hydrogens is 689 g/mol. The summed E-state index contributed by atoms with van der Waals surface area (Å²) in [5.74, 6) is -3.61. The molecule has 0 radical (unpaired) electrons. The molecule has 0 bridgehead atoms. The minimum Gasteiger partial charge on any atom is -0.548 e. The van der Waals surface area contributed by atoms with Crippen LogP contribution in [0.3, 0.4) is 0 Å². The van der Waals surface area contributed by atoms with Gasteiger partial charge in [0.1, 0.15) is 6.04 Å². The molecular formula is C39H64N5NaO8. The number of hydrogen-bond donors (Lipinski definition) is 3. The third-order valence-corrected chi connectivity index (χ3v) is 10.6. The fraction of sp³-hybridized carbons (Fsp3) is 0.718. The Balaban J connectivity index is 0.0000140. The molecule has 1 aromatic carbocycles. The first-order valence-corrected chi connectivity index (χ1v) is 18.7. The molecule has 1 fully saturated rings. The monoisotopic (exact) mass is 753 g/mol. The van der Waals surface area contributed by atoms with Gasteiger partial charge in [-0.15, -0.1) is 0 Å². The van der Waals surface area contributed by atoms with E-state index >= 15 is 0 Å². The fourth-order valence-electron chi connectivity index (χ4n) is 7.40. The van der Waals surface area contributed by atoms with E-state index in [-0.39, 0.29) is 77.9 Å². The van der Waals surface area contributed by atoms with Crippen LogP contribution < -0.4 is 50.6 Å². The molecule has 1 heterocycles. The number of nitrogens with one attached hydrogen (secondary N) is 3. The summed E-state index contributed by atoms with van der Waals surface area (Å²) in [5.41, 5.74) is 0.745. The van der Waals surface area contributed by atoms with E-state index in [1.54, 1.807) is 55.1 Å². The average molecular weight is 754 g/mol. The molecule has 0 spiro atoms. The van der Waals surface area contributed by atoms with Gasteiger partial charge in [0, 0.05) is 27.8 Å². The zero-order valence-corrected chi connectivity index (χ0v) is 36.1. The van der Waals surface area contributed by atoms with Gasteiger partial charge in [-0.1, -0.05) is 85.2 Å². The molecule has 9 atom stereocenters. The van der Waals surface area contributed by atoms with Crippen LogP contribution in [0, 0.1) is 23.7 Å². The summed E-state index contributed by atoms with van der Waals surface area (Å²) in [5, 5.41) is 20.6. The fourth-order valence-corrected chi connectivity index (χ4v) is 7.40. The number of carbonyl (C=O) groups excluding carboxylic acids is 5. The molecule has 0 saturated carbocycles. The zero-order chi connectivity index (χ0) is 39.3. The standard InChI is InChI=1S/C39H65N5O8.Na/c1-12-25(6)34(43(9)38(48)33(24(4)5)42-37(47)32(40-8)23(2)3)30(51-10)22-31(45)44-20-16-19-29(44)35(52-11)26(7)36(46)41-28(39(49)50)21-27-17-14-13-15-18-27;/h13-15,17-18,23-26,28-30,32-35,40H,12,16,19-22H2,1-11H3,(H,41,46)(H,42,47)(H,49,50);/q;+1/p-1/t25-,26+,28-,29-,30+,32-,33-,34-,35+;/m0./s1. The number of amides is 4. The number of carboxylic acids is 1. The number of methoxy groups -OCH3 is 2. The van der Waals surface area contributed by atoms with Crippen LogP contribution in [0.4, 0.5) is 0 Å². The normalized spacial score (nSPS) is 18.9. The number of nitrogens with zero attached hydrogens (tertiary/aromatic N) is 2. The largest absolute Gasteiger partial charge is 1.00 e. The molecule has 1 aliphatic rings. The second-order valence-corrected chi connectivity index (χ2v) is 14.9. The molecule has 13 nitrogen and oxygen atoms in total. The van der Waals surface area contributed by atoms with Gasteiger partial charge in [0.2, 0.25) is 23.6 Å². The van der Waals surface area contributed by atoms with Crippen LogP contribution in [-0.4, -0.2) is 117 Å². The van der Waals surface area contributed by atoms with Crippen LogP contribution >= 0.6 is 0 Å². The van der Waals surface area contributed by atoms with Gasteiger partial charge in [-0.2, -0.15) is 0 Å². The molecule has 53 heavy (non-hydrogen) atoms. The van der Waals surface area contributed by atoms with Gasteiger partial charge in [0.05, 0.1) is 54.7 Å². The Labute approximate surface area is 339 Å². The molecule has 4 amide bonds. The Morgan fingerprint density at radius 2 is 1.53 bits per heavy atom. The Morgan fingerprint density at radius 3 is 2.02 bits per heavy atom. The second kappa shape index (κ2) is 23.4. The maximum atomic E-state index is 14.1. The van der Waals surface area contributed by atoms with E-state index in [1.807, 2.05) is 47.6 Å². The van der Waals surface area contributed by atoms with Crippen molar-refractivity contribution >= 4 is 29.6 Å². The van der Waals surface area contributed by atoms with Crippen LogP contribution in [0.15, 0.2) is 30.3 Å². The first-order valence-electron chi connectivity index (χ1n) is 18.7. The molecule has 294 valence electrons. The van der Waals surface area contributed by atoms with E-state index in [0.717, 1.165) is 5.56 Å². The predicted molar refractivity (Wildman–Crippen MR) is 198 cm³/mol. The summed E-state index contributed by atoms with van der Waals surface area (Å²) in [6.45, 7) is 13.8. The quantitative estimate of drug-likeness (QED) is 0.130. The van der Waals surface area contributed by atoms with Crippen molar-refractivity contribution in [1.82, 2.24) is 25.8 Å². The van der Waals surface area contributed by atoms with Gasteiger partial charge in [0.15, 0.2) is 0 Å². The third kappa shape index (κ3) is 13.3. The number of ether oxygens (including phenoxy) is 2. The Hall–Kier alpha value is -2.55. The van der Waals surface area contributed by atoms with E-state index < -0.39 is 60.2 Å². The Kier molecular flexibility index (Phi) is 21.4. The van der Waals surface area contributed by atoms with E-state index in [0.29, 0.717) is 25.8 Å². The summed E-state index contributed by atoms with van der Waals surface area (Å²) in [6, 6.07) is 5.59. The van der Waals surface area contributed by atoms with Gasteiger partial charge in [-0.25, -0.2) is 0 Å². The number of carbonyl (C=O) groups is 5. The number of aliphatic carboxylic acids is 1. The van der Waals surface area contributed by atoms with Crippen LogP contribution in [-0.2, 0) is 39.9 Å². The van der Waals surface area contributed by atoms with E-state index in [2.05, 4.69) is 16.0 Å². The van der Waals surface area contributed by atoms with E-state index in [4.69, 9.17) is 9.47 Å². The number of rotatable bonds is 21. The molecule has 1 saturated heterocycles. The van der Waals surface area contributed by atoms with Crippen LogP contribution in [0.25, 0.3) is 0 Å². The molecule has 1 aliphatic heterocycles. The van der Waals surface area contributed by atoms with Crippen molar-refractivity contribution in [3.8, 4) is 0 Å². The molecule has 1 aromatic rings. The van der Waals surface area contributed by atoms with Crippen molar-refractivity contribution in [2.45, 2.75) is 123 Å². The molecule has 0 aromatic heterocycles. The number of hydrogen-bond acceptors (Lipinski definition) is 9. The number of likely N-dealkylation sites (N-methyl/N-ethyl adjacent to an activating group) is 2. The summed E-state index contributed by atoms with van der Waals surface area (Å²) >= 11 is 0. The van der Waals surface area contributed by atoms with Crippen LogP contribution in [0.5, 0.6) is 0 Å². The van der Waals surface area contributed by atoms with E-state index in [1.165, 1.54) is 14.2 Å². The minimum atomic E-state index is -1.39. The van der Waals surface area contributed by atoms with Gasteiger partial charge >= 0.3 is 29.6 Å². The van der Waals surface area contributed by atoms with Gasteiger partial charge < -0.3 is 45.1 Å². The molecule has 14 heteroatoms. The minimum absolute atomic E-state index is 0. The van der Waals surface area contributed by atoms with Gasteiger partial charge in [-0.05, 0) is 49.6 Å². The topological polar surface area (TPSA) is 169 Å². The number of likely N-dealkylation sites (tertiary alicyclic amines) is 1. The first kappa shape index (κ1) is 48.5. The van der Waals surface area contributed by atoms with Crippen molar-refractivity contribution in [3.05, 3.63) is 35.9 Å². The van der Waals surface area contributed by atoms with Crippen LogP contribution in [0.1, 0.15) is 79.7 Å². The maximum Gasteiger partial charge on any atom is 1.00 e. The van der Waals surface area contributed by atoms with Crippen molar-refractivity contribution in [3.63, 3.8) is 0 Å². The summed E-state index contributed by atoms with van der Waals surface area (Å²) in [6.07, 6.45) is 0.694. The second-order valence-electron chi connectivity index (χ2n) is 14.9. The van der Waals surface area contributed by atoms with Crippen molar-refractivity contribution < 1.29 is 68.1 Å². The molecule has 0 aliphatic carbocycles. The average Bonchev–Trinajstić information content (AvgIpc) is 3.59.